The third-order valence-electron chi connectivity index (χ3n) is 4.70. The number of ether oxygens (including phenoxy) is 1. The number of nitrogens with one attached hydrogen (secondary N) is 2. The van der Waals surface area contributed by atoms with Gasteiger partial charge in [0.2, 0.25) is 0 Å². The van der Waals surface area contributed by atoms with Gasteiger partial charge in [-0.15, -0.1) is 24.0 Å². The van der Waals surface area contributed by atoms with Crippen molar-refractivity contribution in [3.05, 3.63) is 34.9 Å². The predicted molar refractivity (Wildman–Crippen MR) is 111 cm³/mol. The average Bonchev–Trinajstić information content (AvgIpc) is 3.17. The Hall–Kier alpha value is -0.530. The molecule has 24 heavy (non-hydrogen) atoms. The number of halogens is 2. The second kappa shape index (κ2) is 9.25. The van der Waals surface area contributed by atoms with Crippen LogP contribution in [0.5, 0.6) is 0 Å². The fourth-order valence-electron chi connectivity index (χ4n) is 3.10. The zero-order valence-electron chi connectivity index (χ0n) is 14.2. The molecule has 4 nitrogen and oxygen atoms in total. The molecule has 2 fully saturated rings. The van der Waals surface area contributed by atoms with E-state index in [1.807, 2.05) is 12.1 Å². The molecular weight excluding hydrogens is 437 g/mol. The maximum atomic E-state index is 6.14. The molecule has 0 spiro atoms. The van der Waals surface area contributed by atoms with Crippen LogP contribution in [0.4, 0.5) is 0 Å². The Balaban J connectivity index is 0.00000208. The molecule has 0 radical (unpaired) electrons. The summed E-state index contributed by atoms with van der Waals surface area (Å²) in [5, 5.41) is 7.55. The molecule has 2 aliphatic rings. The van der Waals surface area contributed by atoms with Crippen molar-refractivity contribution in [2.75, 3.05) is 26.2 Å². The second-order valence-electron chi connectivity index (χ2n) is 6.50. The Kier molecular flexibility index (Phi) is 7.62. The Labute approximate surface area is 166 Å². The van der Waals surface area contributed by atoms with Gasteiger partial charge in [0.05, 0.1) is 12.6 Å². The van der Waals surface area contributed by atoms with Crippen LogP contribution in [-0.4, -0.2) is 38.3 Å². The fourth-order valence-corrected chi connectivity index (χ4v) is 3.29. The molecule has 1 atom stereocenters. The van der Waals surface area contributed by atoms with E-state index in [0.717, 1.165) is 50.1 Å². The number of benzene rings is 1. The van der Waals surface area contributed by atoms with E-state index in [4.69, 9.17) is 21.3 Å². The largest absolute Gasteiger partial charge is 0.376 e. The SMILES string of the molecule is CCNC(=NCC1(c2cccc(Cl)c2)CC1)NCC1CCCO1.I. The second-order valence-corrected chi connectivity index (χ2v) is 6.94. The van der Waals surface area contributed by atoms with Crippen LogP contribution in [0.3, 0.4) is 0 Å². The highest BCUT2D eigenvalue weighted by atomic mass is 127. The first-order chi connectivity index (χ1) is 11.2. The molecule has 1 unspecified atom stereocenters. The molecule has 1 aliphatic heterocycles. The van der Waals surface area contributed by atoms with E-state index in [1.165, 1.54) is 18.4 Å². The van der Waals surface area contributed by atoms with E-state index < -0.39 is 0 Å². The minimum absolute atomic E-state index is 0. The lowest BCUT2D eigenvalue weighted by molar-refractivity contribution is 0.114. The smallest absolute Gasteiger partial charge is 0.191 e. The van der Waals surface area contributed by atoms with Crippen molar-refractivity contribution < 1.29 is 4.74 Å². The molecule has 1 aromatic rings. The van der Waals surface area contributed by atoms with Gasteiger partial charge in [0, 0.05) is 30.1 Å². The minimum Gasteiger partial charge on any atom is -0.376 e. The van der Waals surface area contributed by atoms with Crippen molar-refractivity contribution in [3.63, 3.8) is 0 Å². The summed E-state index contributed by atoms with van der Waals surface area (Å²) in [4.78, 5) is 4.81. The first-order valence-corrected chi connectivity index (χ1v) is 8.99. The van der Waals surface area contributed by atoms with Crippen molar-refractivity contribution in [3.8, 4) is 0 Å². The molecule has 1 aliphatic carbocycles. The number of guanidine groups is 1. The number of nitrogens with zero attached hydrogens (tertiary/aromatic N) is 1. The predicted octanol–water partition coefficient (Wildman–Crippen LogP) is 3.72. The molecule has 2 N–H and O–H groups in total. The van der Waals surface area contributed by atoms with Crippen molar-refractivity contribution in [2.45, 2.75) is 44.1 Å². The zero-order valence-corrected chi connectivity index (χ0v) is 17.3. The lowest BCUT2D eigenvalue weighted by atomic mass is 9.96. The van der Waals surface area contributed by atoms with Gasteiger partial charge in [0.25, 0.3) is 0 Å². The third-order valence-corrected chi connectivity index (χ3v) is 4.93. The Morgan fingerprint density at radius 3 is 2.83 bits per heavy atom. The summed E-state index contributed by atoms with van der Waals surface area (Å²) in [5.41, 5.74) is 1.49. The highest BCUT2D eigenvalue weighted by molar-refractivity contribution is 14.0. The van der Waals surface area contributed by atoms with Gasteiger partial charge in [-0.2, -0.15) is 0 Å². The molecule has 1 heterocycles. The molecule has 1 saturated carbocycles. The monoisotopic (exact) mass is 463 g/mol. The van der Waals surface area contributed by atoms with Gasteiger partial charge in [0.1, 0.15) is 0 Å². The molecule has 1 saturated heterocycles. The molecule has 6 heteroatoms. The number of rotatable bonds is 6. The van der Waals surface area contributed by atoms with Gasteiger partial charge in [-0.05, 0) is 50.3 Å². The highest BCUT2D eigenvalue weighted by Gasteiger charge is 2.44. The van der Waals surface area contributed by atoms with E-state index in [9.17, 15) is 0 Å². The summed E-state index contributed by atoms with van der Waals surface area (Å²) in [6, 6.07) is 8.21. The summed E-state index contributed by atoms with van der Waals surface area (Å²) in [7, 11) is 0. The van der Waals surface area contributed by atoms with Gasteiger partial charge in [-0.25, -0.2) is 0 Å². The number of aliphatic imine (C=N–C) groups is 1. The summed E-state index contributed by atoms with van der Waals surface area (Å²) >= 11 is 6.14. The molecule has 134 valence electrons. The summed E-state index contributed by atoms with van der Waals surface area (Å²) in [5.74, 6) is 0.885. The first kappa shape index (κ1) is 19.8. The maximum Gasteiger partial charge on any atom is 0.191 e. The number of hydrogen-bond donors (Lipinski definition) is 2. The quantitative estimate of drug-likeness (QED) is 0.384. The van der Waals surface area contributed by atoms with E-state index in [0.29, 0.717) is 6.10 Å². The summed E-state index contributed by atoms with van der Waals surface area (Å²) < 4.78 is 5.66. The normalized spacial score (nSPS) is 21.9. The molecule has 0 amide bonds. The average molecular weight is 464 g/mol. The van der Waals surface area contributed by atoms with E-state index in [1.54, 1.807) is 0 Å². The van der Waals surface area contributed by atoms with Crippen LogP contribution in [0.15, 0.2) is 29.3 Å². The van der Waals surface area contributed by atoms with Gasteiger partial charge < -0.3 is 15.4 Å². The van der Waals surface area contributed by atoms with E-state index in [2.05, 4.69) is 29.7 Å². The summed E-state index contributed by atoms with van der Waals surface area (Å²) in [6.07, 6.45) is 4.99. The van der Waals surface area contributed by atoms with Crippen molar-refractivity contribution in [1.29, 1.82) is 0 Å². The van der Waals surface area contributed by atoms with Crippen molar-refractivity contribution in [1.82, 2.24) is 10.6 Å². The highest BCUT2D eigenvalue weighted by Crippen LogP contribution is 2.48. The number of hydrogen-bond acceptors (Lipinski definition) is 2. The molecule has 0 bridgehead atoms. The lowest BCUT2D eigenvalue weighted by Gasteiger charge is -2.17. The van der Waals surface area contributed by atoms with Crippen molar-refractivity contribution in [2.24, 2.45) is 4.99 Å². The van der Waals surface area contributed by atoms with Crippen LogP contribution in [0.2, 0.25) is 5.02 Å². The zero-order chi connectivity index (χ0) is 16.1. The van der Waals surface area contributed by atoms with E-state index in [-0.39, 0.29) is 29.4 Å². The lowest BCUT2D eigenvalue weighted by Crippen LogP contribution is -2.41. The molecular formula is C18H27ClIN3O. The van der Waals surface area contributed by atoms with Crippen LogP contribution >= 0.6 is 35.6 Å². The Morgan fingerprint density at radius 1 is 1.38 bits per heavy atom. The van der Waals surface area contributed by atoms with Crippen LogP contribution in [0, 0.1) is 0 Å². The van der Waals surface area contributed by atoms with Crippen molar-refractivity contribution >= 4 is 41.5 Å². The van der Waals surface area contributed by atoms with Crippen LogP contribution in [-0.2, 0) is 10.2 Å². The van der Waals surface area contributed by atoms with Crippen LogP contribution in [0.25, 0.3) is 0 Å². The molecule has 1 aromatic carbocycles. The first-order valence-electron chi connectivity index (χ1n) is 8.62. The van der Waals surface area contributed by atoms with Crippen LogP contribution < -0.4 is 10.6 Å². The Morgan fingerprint density at radius 2 is 2.21 bits per heavy atom. The van der Waals surface area contributed by atoms with Gasteiger partial charge >= 0.3 is 0 Å². The fraction of sp³-hybridized carbons (Fsp3) is 0.611. The maximum absolute atomic E-state index is 6.14. The van der Waals surface area contributed by atoms with Gasteiger partial charge in [-0.1, -0.05) is 23.7 Å². The third kappa shape index (κ3) is 5.23. The standard InChI is InChI=1S/C18H26ClN3O.HI/c1-2-20-17(21-12-16-7-4-10-23-16)22-13-18(8-9-18)14-5-3-6-15(19)11-14;/h3,5-6,11,16H,2,4,7-10,12-13H2,1H3,(H2,20,21,22);1H. The Bertz CT molecular complexity index is 557. The van der Waals surface area contributed by atoms with Crippen LogP contribution in [0.1, 0.15) is 38.2 Å². The molecule has 3 rings (SSSR count). The topological polar surface area (TPSA) is 45.7 Å². The van der Waals surface area contributed by atoms with Gasteiger partial charge in [0.15, 0.2) is 5.96 Å². The molecule has 0 aromatic heterocycles. The van der Waals surface area contributed by atoms with E-state index >= 15 is 0 Å². The summed E-state index contributed by atoms with van der Waals surface area (Å²) in [6.45, 7) is 5.47. The van der Waals surface area contributed by atoms with Gasteiger partial charge in [-0.3, -0.25) is 4.99 Å². The minimum atomic E-state index is 0.